The molecule has 0 bridgehead atoms. The largest absolute Gasteiger partial charge is 0.446 e. The van der Waals surface area contributed by atoms with Crippen LogP contribution in [0.15, 0.2) is 78.9 Å². The number of benzene rings is 3. The molecule has 5 rings (SSSR count). The Labute approximate surface area is 248 Å². The lowest BCUT2D eigenvalue weighted by molar-refractivity contribution is 0.0540. The number of rotatable bonds is 9. The minimum Gasteiger partial charge on any atom is -0.446 e. The summed E-state index contributed by atoms with van der Waals surface area (Å²) in [6.07, 6.45) is 2.46. The van der Waals surface area contributed by atoms with Gasteiger partial charge in [-0.3, -0.25) is 15.0 Å². The van der Waals surface area contributed by atoms with Crippen molar-refractivity contribution in [3.05, 3.63) is 90.0 Å². The van der Waals surface area contributed by atoms with E-state index in [1.54, 1.807) is 4.90 Å². The Morgan fingerprint density at radius 1 is 0.857 bits per heavy atom. The molecule has 8 heteroatoms. The molecule has 2 aliphatic rings. The van der Waals surface area contributed by atoms with E-state index < -0.39 is 6.09 Å². The standard InChI is InChI=1S/C34H42N4O4/c1-36(33(40)28-13-11-26(12-14-28)25-38-19-15-29(39)16-20-38)23-24-37-21-17-30(18-22-37)42-34(41)35-32-10-6-5-9-31(32)27-7-3-2-4-8-27/h2-14,29-30,39H,15-25H2,1H3,(H,35,41). The smallest absolute Gasteiger partial charge is 0.411 e. The lowest BCUT2D eigenvalue weighted by Gasteiger charge is -2.32. The monoisotopic (exact) mass is 570 g/mol. The van der Waals surface area contributed by atoms with E-state index in [2.05, 4.69) is 15.1 Å². The first-order valence-electron chi connectivity index (χ1n) is 15.0. The third-order valence-corrected chi connectivity index (χ3v) is 8.32. The number of aliphatic hydroxyl groups is 1. The number of likely N-dealkylation sites (tertiary alicyclic amines) is 2. The average molecular weight is 571 g/mol. The topological polar surface area (TPSA) is 85.4 Å². The molecule has 0 radical (unpaired) electrons. The minimum absolute atomic E-state index is 0.0216. The Morgan fingerprint density at radius 2 is 1.50 bits per heavy atom. The SMILES string of the molecule is CN(CCN1CCC(OC(=O)Nc2ccccc2-c2ccccc2)CC1)C(=O)c1ccc(CN2CCC(O)CC2)cc1. The van der Waals surface area contributed by atoms with Crippen molar-refractivity contribution in [3.63, 3.8) is 0 Å². The van der Waals surface area contributed by atoms with Crippen LogP contribution in [-0.4, -0.2) is 90.3 Å². The second-order valence-corrected chi connectivity index (χ2v) is 11.4. The first-order chi connectivity index (χ1) is 20.4. The van der Waals surface area contributed by atoms with Gasteiger partial charge in [0.05, 0.1) is 11.8 Å². The van der Waals surface area contributed by atoms with E-state index in [9.17, 15) is 14.7 Å². The normalized spacial score (nSPS) is 17.1. The van der Waals surface area contributed by atoms with Crippen LogP contribution in [0.1, 0.15) is 41.6 Å². The highest BCUT2D eigenvalue weighted by atomic mass is 16.6. The molecule has 42 heavy (non-hydrogen) atoms. The van der Waals surface area contributed by atoms with Gasteiger partial charge in [0.15, 0.2) is 0 Å². The van der Waals surface area contributed by atoms with Crippen LogP contribution in [0.2, 0.25) is 0 Å². The van der Waals surface area contributed by atoms with Gasteiger partial charge in [-0.15, -0.1) is 0 Å². The summed E-state index contributed by atoms with van der Waals surface area (Å²) < 4.78 is 5.76. The van der Waals surface area contributed by atoms with Crippen LogP contribution in [0.5, 0.6) is 0 Å². The molecule has 2 aliphatic heterocycles. The fourth-order valence-electron chi connectivity index (χ4n) is 5.70. The molecule has 2 saturated heterocycles. The Balaban J connectivity index is 1.02. The number of para-hydroxylation sites is 1. The molecule has 222 valence electrons. The fourth-order valence-corrected chi connectivity index (χ4v) is 5.70. The number of likely N-dealkylation sites (N-methyl/N-ethyl adjacent to an activating group) is 1. The van der Waals surface area contributed by atoms with Crippen molar-refractivity contribution in [2.45, 2.75) is 44.4 Å². The summed E-state index contributed by atoms with van der Waals surface area (Å²) in [4.78, 5) is 32.1. The molecule has 0 aromatic heterocycles. The number of carbonyl (C=O) groups is 2. The van der Waals surface area contributed by atoms with Gasteiger partial charge in [-0.2, -0.15) is 0 Å². The van der Waals surface area contributed by atoms with Crippen LogP contribution in [0.25, 0.3) is 11.1 Å². The van der Waals surface area contributed by atoms with Gasteiger partial charge in [0.1, 0.15) is 6.10 Å². The number of piperidine rings is 2. The van der Waals surface area contributed by atoms with Crippen LogP contribution >= 0.6 is 0 Å². The molecule has 2 amide bonds. The third-order valence-electron chi connectivity index (χ3n) is 8.32. The molecule has 2 N–H and O–H groups in total. The number of nitrogens with zero attached hydrogens (tertiary/aromatic N) is 3. The summed E-state index contributed by atoms with van der Waals surface area (Å²) in [5.41, 5.74) is 4.61. The lowest BCUT2D eigenvalue weighted by Crippen LogP contribution is -2.42. The van der Waals surface area contributed by atoms with Crippen LogP contribution in [-0.2, 0) is 11.3 Å². The number of anilines is 1. The number of nitrogens with one attached hydrogen (secondary N) is 1. The molecule has 0 saturated carbocycles. The Kier molecular flexibility index (Phi) is 10.2. The Hall–Kier alpha value is -3.72. The zero-order valence-electron chi connectivity index (χ0n) is 24.5. The second-order valence-electron chi connectivity index (χ2n) is 11.4. The maximum atomic E-state index is 13.0. The van der Waals surface area contributed by atoms with Crippen LogP contribution in [0.4, 0.5) is 10.5 Å². The van der Waals surface area contributed by atoms with Gasteiger partial charge in [0.2, 0.25) is 0 Å². The maximum absolute atomic E-state index is 13.0. The van der Waals surface area contributed by atoms with E-state index in [4.69, 9.17) is 4.74 Å². The number of hydrogen-bond acceptors (Lipinski definition) is 6. The van der Waals surface area contributed by atoms with Crippen LogP contribution < -0.4 is 5.32 Å². The van der Waals surface area contributed by atoms with Crippen molar-refractivity contribution in [1.82, 2.24) is 14.7 Å². The van der Waals surface area contributed by atoms with Crippen LogP contribution in [0.3, 0.4) is 0 Å². The minimum atomic E-state index is -0.428. The van der Waals surface area contributed by atoms with Gasteiger partial charge in [0.25, 0.3) is 5.91 Å². The lowest BCUT2D eigenvalue weighted by atomic mass is 10.0. The Morgan fingerprint density at radius 3 is 2.21 bits per heavy atom. The molecule has 3 aromatic rings. The summed E-state index contributed by atoms with van der Waals surface area (Å²) in [7, 11) is 1.85. The maximum Gasteiger partial charge on any atom is 0.411 e. The zero-order valence-corrected chi connectivity index (χ0v) is 24.5. The molecule has 3 aromatic carbocycles. The second kappa shape index (κ2) is 14.4. The van der Waals surface area contributed by atoms with Crippen molar-refractivity contribution in [2.24, 2.45) is 0 Å². The van der Waals surface area contributed by atoms with Gasteiger partial charge in [-0.25, -0.2) is 4.79 Å². The predicted molar refractivity (Wildman–Crippen MR) is 165 cm³/mol. The number of hydrogen-bond donors (Lipinski definition) is 2. The van der Waals surface area contributed by atoms with Crippen molar-refractivity contribution in [3.8, 4) is 11.1 Å². The third kappa shape index (κ3) is 8.18. The van der Waals surface area contributed by atoms with Crippen molar-refractivity contribution < 1.29 is 19.4 Å². The van der Waals surface area contributed by atoms with Gasteiger partial charge in [-0.05, 0) is 55.0 Å². The summed E-state index contributed by atoms with van der Waals surface area (Å²) in [5, 5.41) is 12.6. The number of carbonyl (C=O) groups excluding carboxylic acids is 2. The van der Waals surface area contributed by atoms with Gasteiger partial charge in [0, 0.05) is 64.0 Å². The molecule has 0 atom stereocenters. The van der Waals surface area contributed by atoms with Crippen LogP contribution in [0, 0.1) is 0 Å². The highest BCUT2D eigenvalue weighted by molar-refractivity contribution is 5.94. The molecule has 8 nitrogen and oxygen atoms in total. The van der Waals surface area contributed by atoms with E-state index in [0.29, 0.717) is 12.1 Å². The molecule has 2 fully saturated rings. The highest BCUT2D eigenvalue weighted by Crippen LogP contribution is 2.28. The molecular formula is C34H42N4O4. The van der Waals surface area contributed by atoms with E-state index in [-0.39, 0.29) is 18.1 Å². The summed E-state index contributed by atoms with van der Waals surface area (Å²) in [6.45, 7) is 5.73. The number of ether oxygens (including phenoxy) is 1. The highest BCUT2D eigenvalue weighted by Gasteiger charge is 2.24. The summed E-state index contributed by atoms with van der Waals surface area (Å²) >= 11 is 0. The van der Waals surface area contributed by atoms with Gasteiger partial charge >= 0.3 is 6.09 Å². The van der Waals surface area contributed by atoms with E-state index >= 15 is 0 Å². The number of amides is 2. The number of aliphatic hydroxyl groups excluding tert-OH is 1. The van der Waals surface area contributed by atoms with Crippen molar-refractivity contribution in [2.75, 3.05) is 51.6 Å². The van der Waals surface area contributed by atoms with Crippen molar-refractivity contribution in [1.29, 1.82) is 0 Å². The first kappa shape index (κ1) is 29.8. The summed E-state index contributed by atoms with van der Waals surface area (Å²) in [5.74, 6) is 0.0216. The van der Waals surface area contributed by atoms with E-state index in [0.717, 1.165) is 81.8 Å². The molecule has 0 aliphatic carbocycles. The average Bonchev–Trinajstić information content (AvgIpc) is 3.02. The molecule has 0 spiro atoms. The molecule has 0 unspecified atom stereocenters. The quantitative estimate of drug-likeness (QED) is 0.373. The zero-order chi connectivity index (χ0) is 29.3. The molecular weight excluding hydrogens is 528 g/mol. The fraction of sp³-hybridized carbons (Fsp3) is 0.412. The summed E-state index contributed by atoms with van der Waals surface area (Å²) in [6, 6.07) is 25.6. The first-order valence-corrected chi connectivity index (χ1v) is 15.0. The van der Waals surface area contributed by atoms with Gasteiger partial charge < -0.3 is 19.6 Å². The predicted octanol–water partition coefficient (Wildman–Crippen LogP) is 5.10. The van der Waals surface area contributed by atoms with E-state index in [1.165, 1.54) is 5.56 Å². The van der Waals surface area contributed by atoms with Gasteiger partial charge in [-0.1, -0.05) is 60.7 Å². The van der Waals surface area contributed by atoms with E-state index in [1.807, 2.05) is 85.9 Å². The Bertz CT molecular complexity index is 1300. The van der Waals surface area contributed by atoms with Crippen molar-refractivity contribution >= 4 is 17.7 Å². The molecule has 2 heterocycles.